The van der Waals surface area contributed by atoms with Crippen LogP contribution in [0.2, 0.25) is 0 Å². The number of benzene rings is 2. The van der Waals surface area contributed by atoms with Crippen LogP contribution in [0.4, 0.5) is 0 Å². The van der Waals surface area contributed by atoms with Crippen LogP contribution < -0.4 is 0 Å². The minimum Gasteiger partial charge on any atom is -0.462 e. The second-order valence-corrected chi connectivity index (χ2v) is 5.59. The fourth-order valence-electron chi connectivity index (χ4n) is 2.89. The molecule has 24 heavy (non-hydrogen) atoms. The van der Waals surface area contributed by atoms with Crippen molar-refractivity contribution in [3.05, 3.63) is 71.4 Å². The largest absolute Gasteiger partial charge is 0.462 e. The summed E-state index contributed by atoms with van der Waals surface area (Å²) in [7, 11) is 0. The van der Waals surface area contributed by atoms with Gasteiger partial charge in [0.15, 0.2) is 0 Å². The number of carbonyl (C=O) groups excluding carboxylic acids is 1. The summed E-state index contributed by atoms with van der Waals surface area (Å²) in [6.45, 7) is 5.03. The molecule has 0 atom stereocenters. The molecule has 0 aliphatic carbocycles. The molecule has 4 heteroatoms. The van der Waals surface area contributed by atoms with E-state index in [9.17, 15) is 4.79 Å². The molecule has 3 rings (SSSR count). The summed E-state index contributed by atoms with van der Waals surface area (Å²) in [6.07, 6.45) is 0. The topological polar surface area (TPSA) is 40.5 Å². The molecule has 0 fully saturated rings. The lowest BCUT2D eigenvalue weighted by atomic mass is 10.1. The lowest BCUT2D eigenvalue weighted by molar-refractivity contribution is 0.0522. The van der Waals surface area contributed by atoms with Gasteiger partial charge in [0.1, 0.15) is 6.73 Å². The molecule has 1 heterocycles. The first-order valence-corrected chi connectivity index (χ1v) is 8.09. The summed E-state index contributed by atoms with van der Waals surface area (Å²) < 4.78 is 13.1. The molecule has 0 spiro atoms. The van der Waals surface area contributed by atoms with Crippen molar-refractivity contribution < 1.29 is 14.3 Å². The highest BCUT2D eigenvalue weighted by atomic mass is 16.5. The summed E-state index contributed by atoms with van der Waals surface area (Å²) in [5.41, 5.74) is 3.59. The van der Waals surface area contributed by atoms with E-state index in [1.807, 2.05) is 73.0 Å². The van der Waals surface area contributed by atoms with E-state index in [-0.39, 0.29) is 5.97 Å². The van der Waals surface area contributed by atoms with E-state index in [2.05, 4.69) is 0 Å². The van der Waals surface area contributed by atoms with Crippen LogP contribution in [0.5, 0.6) is 0 Å². The smallest absolute Gasteiger partial charge is 0.340 e. The Morgan fingerprint density at radius 1 is 1.04 bits per heavy atom. The number of rotatable bonds is 6. The summed E-state index contributed by atoms with van der Waals surface area (Å²) >= 11 is 0. The molecule has 0 aliphatic heterocycles. The van der Waals surface area contributed by atoms with E-state index >= 15 is 0 Å². The average Bonchev–Trinajstić information content (AvgIpc) is 2.88. The molecule has 0 aliphatic rings. The number of hydrogen-bond donors (Lipinski definition) is 0. The van der Waals surface area contributed by atoms with Crippen LogP contribution in [0.15, 0.2) is 54.6 Å². The average molecular weight is 323 g/mol. The lowest BCUT2D eigenvalue weighted by Crippen LogP contribution is -2.09. The third kappa shape index (κ3) is 3.19. The number of nitrogens with zero attached hydrogens (tertiary/aromatic N) is 1. The van der Waals surface area contributed by atoms with E-state index < -0.39 is 0 Å². The number of hydrogen-bond acceptors (Lipinski definition) is 3. The SMILES string of the molecule is CCOC(=O)c1c(C)n(COCc2ccccc2)c2ccccc12. The predicted molar refractivity (Wildman–Crippen MR) is 93.9 cm³/mol. The highest BCUT2D eigenvalue weighted by molar-refractivity contribution is 6.05. The van der Waals surface area contributed by atoms with Crippen molar-refractivity contribution >= 4 is 16.9 Å². The van der Waals surface area contributed by atoms with Crippen LogP contribution in [0.25, 0.3) is 10.9 Å². The van der Waals surface area contributed by atoms with Crippen molar-refractivity contribution in [1.29, 1.82) is 0 Å². The fourth-order valence-corrected chi connectivity index (χ4v) is 2.89. The van der Waals surface area contributed by atoms with Crippen molar-refractivity contribution in [2.24, 2.45) is 0 Å². The molecule has 2 aromatic carbocycles. The van der Waals surface area contributed by atoms with E-state index in [4.69, 9.17) is 9.47 Å². The molecule has 0 N–H and O–H groups in total. The third-order valence-corrected chi connectivity index (χ3v) is 4.04. The number of para-hydroxylation sites is 1. The Kier molecular flexibility index (Phi) is 4.96. The molecule has 124 valence electrons. The van der Waals surface area contributed by atoms with Crippen LogP contribution in [0.3, 0.4) is 0 Å². The molecule has 0 saturated carbocycles. The van der Waals surface area contributed by atoms with Gasteiger partial charge < -0.3 is 14.0 Å². The van der Waals surface area contributed by atoms with E-state index in [0.717, 1.165) is 22.2 Å². The highest BCUT2D eigenvalue weighted by Gasteiger charge is 2.20. The van der Waals surface area contributed by atoms with Crippen LogP contribution in [-0.2, 0) is 22.8 Å². The molecular weight excluding hydrogens is 302 g/mol. The van der Waals surface area contributed by atoms with Crippen molar-refractivity contribution in [1.82, 2.24) is 4.57 Å². The number of esters is 1. The zero-order chi connectivity index (χ0) is 16.9. The first-order chi connectivity index (χ1) is 11.7. The Hall–Kier alpha value is -2.59. The second kappa shape index (κ2) is 7.32. The van der Waals surface area contributed by atoms with Crippen molar-refractivity contribution in [3.63, 3.8) is 0 Å². The van der Waals surface area contributed by atoms with E-state index in [1.165, 1.54) is 0 Å². The molecule has 0 saturated heterocycles. The van der Waals surface area contributed by atoms with E-state index in [0.29, 0.717) is 25.5 Å². The van der Waals surface area contributed by atoms with Crippen LogP contribution in [0.1, 0.15) is 28.5 Å². The van der Waals surface area contributed by atoms with Gasteiger partial charge in [0.2, 0.25) is 0 Å². The van der Waals surface area contributed by atoms with Crippen LogP contribution >= 0.6 is 0 Å². The third-order valence-electron chi connectivity index (χ3n) is 4.04. The first-order valence-electron chi connectivity index (χ1n) is 8.09. The van der Waals surface area contributed by atoms with Gasteiger partial charge in [0, 0.05) is 11.1 Å². The second-order valence-electron chi connectivity index (χ2n) is 5.59. The zero-order valence-corrected chi connectivity index (χ0v) is 14.0. The molecule has 4 nitrogen and oxygen atoms in total. The Morgan fingerprint density at radius 3 is 2.50 bits per heavy atom. The minimum atomic E-state index is -0.284. The number of aromatic nitrogens is 1. The van der Waals surface area contributed by atoms with Gasteiger partial charge in [-0.3, -0.25) is 0 Å². The van der Waals surface area contributed by atoms with Gasteiger partial charge in [-0.15, -0.1) is 0 Å². The van der Waals surface area contributed by atoms with Crippen molar-refractivity contribution in [3.8, 4) is 0 Å². The van der Waals surface area contributed by atoms with Crippen LogP contribution in [0, 0.1) is 6.92 Å². The maximum atomic E-state index is 12.3. The Balaban J connectivity index is 1.87. The molecule has 3 aromatic rings. The normalized spacial score (nSPS) is 10.9. The van der Waals surface area contributed by atoms with Crippen molar-refractivity contribution in [2.45, 2.75) is 27.2 Å². The number of carbonyl (C=O) groups is 1. The quantitative estimate of drug-likeness (QED) is 0.635. The number of fused-ring (bicyclic) bond motifs is 1. The van der Waals surface area contributed by atoms with Gasteiger partial charge in [0.05, 0.1) is 24.3 Å². The van der Waals surface area contributed by atoms with Crippen molar-refractivity contribution in [2.75, 3.05) is 6.61 Å². The van der Waals surface area contributed by atoms with Crippen LogP contribution in [-0.4, -0.2) is 17.1 Å². The monoisotopic (exact) mass is 323 g/mol. The van der Waals surface area contributed by atoms with Gasteiger partial charge in [-0.2, -0.15) is 0 Å². The summed E-state index contributed by atoms with van der Waals surface area (Å²) in [5.74, 6) is -0.284. The van der Waals surface area contributed by atoms with Gasteiger partial charge in [-0.1, -0.05) is 48.5 Å². The minimum absolute atomic E-state index is 0.284. The van der Waals surface area contributed by atoms with Gasteiger partial charge >= 0.3 is 5.97 Å². The maximum absolute atomic E-state index is 12.3. The summed E-state index contributed by atoms with van der Waals surface area (Å²) in [5, 5.41) is 0.900. The summed E-state index contributed by atoms with van der Waals surface area (Å²) in [4.78, 5) is 12.3. The molecule has 1 aromatic heterocycles. The zero-order valence-electron chi connectivity index (χ0n) is 14.0. The van der Waals surface area contributed by atoms with Gasteiger partial charge in [-0.05, 0) is 25.5 Å². The van der Waals surface area contributed by atoms with E-state index in [1.54, 1.807) is 0 Å². The maximum Gasteiger partial charge on any atom is 0.340 e. The molecule has 0 radical (unpaired) electrons. The van der Waals surface area contributed by atoms with Gasteiger partial charge in [0.25, 0.3) is 0 Å². The standard InChI is InChI=1S/C20H21NO3/c1-3-24-20(22)19-15(2)21(18-12-8-7-11-17(18)19)14-23-13-16-9-5-4-6-10-16/h4-12H,3,13-14H2,1-2H3. The van der Waals surface area contributed by atoms with Gasteiger partial charge in [-0.25, -0.2) is 4.79 Å². The Morgan fingerprint density at radius 2 is 1.75 bits per heavy atom. The first kappa shape index (κ1) is 16.3. The predicted octanol–water partition coefficient (Wildman–Crippen LogP) is 4.30. The molecule has 0 amide bonds. The molecule has 0 bridgehead atoms. The highest BCUT2D eigenvalue weighted by Crippen LogP contribution is 2.26. The Labute approximate surface area is 141 Å². The fraction of sp³-hybridized carbons (Fsp3) is 0.250. The molecular formula is C20H21NO3. The molecule has 0 unspecified atom stereocenters. The Bertz CT molecular complexity index is 837. The summed E-state index contributed by atoms with van der Waals surface area (Å²) in [6, 6.07) is 17.9. The number of ether oxygens (including phenoxy) is 2. The lowest BCUT2D eigenvalue weighted by Gasteiger charge is -2.10.